The van der Waals surface area contributed by atoms with Crippen molar-refractivity contribution >= 4 is 23.4 Å². The third-order valence-electron chi connectivity index (χ3n) is 1.88. The van der Waals surface area contributed by atoms with Gasteiger partial charge in [0.2, 0.25) is 5.91 Å². The molecule has 16 heavy (non-hydrogen) atoms. The number of methoxy groups -OCH3 is 1. The predicted molar refractivity (Wildman–Crippen MR) is 68.0 cm³/mol. The summed E-state index contributed by atoms with van der Waals surface area (Å²) >= 11 is 1.52. The van der Waals surface area contributed by atoms with Crippen molar-refractivity contribution in [3.63, 3.8) is 0 Å². The van der Waals surface area contributed by atoms with Gasteiger partial charge in [0, 0.05) is 12.3 Å². The highest BCUT2D eigenvalue weighted by Gasteiger charge is 2.06. The highest BCUT2D eigenvalue weighted by molar-refractivity contribution is 7.99. The van der Waals surface area contributed by atoms with Crippen LogP contribution in [0, 0.1) is 0 Å². The zero-order valence-corrected chi connectivity index (χ0v) is 10.0. The lowest BCUT2D eigenvalue weighted by molar-refractivity contribution is -0.113. The number of hydrogen-bond donors (Lipinski definition) is 2. The van der Waals surface area contributed by atoms with E-state index in [2.05, 4.69) is 5.32 Å². The molecule has 1 aromatic carbocycles. The van der Waals surface area contributed by atoms with E-state index in [9.17, 15) is 4.79 Å². The largest absolute Gasteiger partial charge is 0.495 e. The summed E-state index contributed by atoms with van der Waals surface area (Å²) in [4.78, 5) is 11.5. The number of thioether (sulfide) groups is 1. The Morgan fingerprint density at radius 1 is 1.50 bits per heavy atom. The number of anilines is 1. The van der Waals surface area contributed by atoms with Crippen molar-refractivity contribution in [2.75, 3.05) is 30.5 Å². The first-order valence-electron chi connectivity index (χ1n) is 4.98. The number of nitrogens with one attached hydrogen (secondary N) is 1. The first kappa shape index (κ1) is 12.9. The molecule has 0 unspecified atom stereocenters. The average Bonchev–Trinajstić information content (AvgIpc) is 2.30. The first-order valence-corrected chi connectivity index (χ1v) is 6.14. The zero-order valence-electron chi connectivity index (χ0n) is 9.23. The Hall–Kier alpha value is -1.20. The molecule has 1 amide bonds. The Balaban J connectivity index is 2.49. The summed E-state index contributed by atoms with van der Waals surface area (Å²) in [6.45, 7) is 0.590. The summed E-state index contributed by atoms with van der Waals surface area (Å²) in [5, 5.41) is 2.79. The minimum Gasteiger partial charge on any atom is -0.495 e. The lowest BCUT2D eigenvalue weighted by Crippen LogP contribution is -2.16. The van der Waals surface area contributed by atoms with Crippen LogP contribution >= 0.6 is 11.8 Å². The Kier molecular flexibility index (Phi) is 5.74. The predicted octanol–water partition coefficient (Wildman–Crippen LogP) is 1.33. The molecule has 0 atom stereocenters. The maximum absolute atomic E-state index is 11.5. The van der Waals surface area contributed by atoms with E-state index in [0.717, 1.165) is 5.75 Å². The number of nitrogens with two attached hydrogens (primary N) is 1. The van der Waals surface area contributed by atoms with Crippen molar-refractivity contribution in [3.05, 3.63) is 24.3 Å². The van der Waals surface area contributed by atoms with Gasteiger partial charge in [-0.15, -0.1) is 0 Å². The van der Waals surface area contributed by atoms with Gasteiger partial charge < -0.3 is 15.8 Å². The van der Waals surface area contributed by atoms with Crippen LogP contribution in [0.3, 0.4) is 0 Å². The van der Waals surface area contributed by atoms with Crippen LogP contribution in [-0.2, 0) is 4.79 Å². The molecule has 0 bridgehead atoms. The Morgan fingerprint density at radius 2 is 2.25 bits per heavy atom. The summed E-state index contributed by atoms with van der Waals surface area (Å²) in [5.41, 5.74) is 6.04. The Bertz CT molecular complexity index is 345. The van der Waals surface area contributed by atoms with E-state index < -0.39 is 0 Å². The number of ether oxygens (including phenoxy) is 1. The van der Waals surface area contributed by atoms with E-state index in [1.165, 1.54) is 11.8 Å². The molecule has 0 radical (unpaired) electrons. The number of hydrogen-bond acceptors (Lipinski definition) is 4. The molecule has 0 heterocycles. The molecule has 88 valence electrons. The van der Waals surface area contributed by atoms with Crippen molar-refractivity contribution < 1.29 is 9.53 Å². The first-order chi connectivity index (χ1) is 7.77. The van der Waals surface area contributed by atoms with Crippen LogP contribution in [0.25, 0.3) is 0 Å². The van der Waals surface area contributed by atoms with E-state index in [0.29, 0.717) is 23.7 Å². The number of amides is 1. The topological polar surface area (TPSA) is 64.3 Å². The average molecular weight is 240 g/mol. The Morgan fingerprint density at radius 3 is 2.94 bits per heavy atom. The van der Waals surface area contributed by atoms with Crippen LogP contribution in [-0.4, -0.2) is 31.1 Å². The van der Waals surface area contributed by atoms with Crippen molar-refractivity contribution in [3.8, 4) is 5.75 Å². The van der Waals surface area contributed by atoms with E-state index in [4.69, 9.17) is 10.5 Å². The summed E-state index contributed by atoms with van der Waals surface area (Å²) in [6.07, 6.45) is 0. The lowest BCUT2D eigenvalue weighted by atomic mass is 10.3. The van der Waals surface area contributed by atoms with Gasteiger partial charge in [0.05, 0.1) is 18.6 Å². The van der Waals surface area contributed by atoms with Gasteiger partial charge in [-0.1, -0.05) is 12.1 Å². The molecule has 0 aromatic heterocycles. The van der Waals surface area contributed by atoms with Gasteiger partial charge in [0.25, 0.3) is 0 Å². The van der Waals surface area contributed by atoms with Gasteiger partial charge in [-0.3, -0.25) is 4.79 Å². The van der Waals surface area contributed by atoms with Gasteiger partial charge in [0.15, 0.2) is 0 Å². The summed E-state index contributed by atoms with van der Waals surface area (Å²) in [6, 6.07) is 7.33. The zero-order chi connectivity index (χ0) is 11.8. The van der Waals surface area contributed by atoms with E-state index in [-0.39, 0.29) is 5.91 Å². The van der Waals surface area contributed by atoms with Gasteiger partial charge in [0.1, 0.15) is 5.75 Å². The molecular formula is C11H16N2O2S. The molecule has 5 heteroatoms. The fourth-order valence-electron chi connectivity index (χ4n) is 1.18. The second-order valence-electron chi connectivity index (χ2n) is 3.09. The van der Waals surface area contributed by atoms with Gasteiger partial charge >= 0.3 is 0 Å². The molecule has 0 fully saturated rings. The van der Waals surface area contributed by atoms with Crippen molar-refractivity contribution in [2.45, 2.75) is 0 Å². The van der Waals surface area contributed by atoms with Gasteiger partial charge in [-0.2, -0.15) is 11.8 Å². The quantitative estimate of drug-likeness (QED) is 0.736. The third-order valence-corrected chi connectivity index (χ3v) is 2.87. The molecule has 1 rings (SSSR count). The number of para-hydroxylation sites is 2. The molecule has 1 aromatic rings. The van der Waals surface area contributed by atoms with Gasteiger partial charge in [-0.05, 0) is 12.1 Å². The summed E-state index contributed by atoms with van der Waals surface area (Å²) in [5.74, 6) is 1.83. The maximum atomic E-state index is 11.5. The van der Waals surface area contributed by atoms with Crippen molar-refractivity contribution in [1.29, 1.82) is 0 Å². The minimum atomic E-state index is -0.0389. The highest BCUT2D eigenvalue weighted by atomic mass is 32.2. The number of benzene rings is 1. The number of carbonyl (C=O) groups is 1. The monoisotopic (exact) mass is 240 g/mol. The molecule has 4 nitrogen and oxygen atoms in total. The summed E-state index contributed by atoms with van der Waals surface area (Å²) < 4.78 is 5.13. The minimum absolute atomic E-state index is 0.0389. The van der Waals surface area contributed by atoms with Crippen LogP contribution in [0.2, 0.25) is 0 Å². The second-order valence-corrected chi connectivity index (χ2v) is 4.19. The fourth-order valence-corrected chi connectivity index (χ4v) is 1.75. The molecule has 3 N–H and O–H groups in total. The SMILES string of the molecule is COc1ccccc1NC(=O)CSCCN. The summed E-state index contributed by atoms with van der Waals surface area (Å²) in [7, 11) is 1.58. The lowest BCUT2D eigenvalue weighted by Gasteiger charge is -2.09. The van der Waals surface area contributed by atoms with E-state index >= 15 is 0 Å². The fraction of sp³-hybridized carbons (Fsp3) is 0.364. The molecule has 0 saturated carbocycles. The third kappa shape index (κ3) is 4.12. The molecule has 0 aliphatic heterocycles. The van der Waals surface area contributed by atoms with Crippen LogP contribution in [0.5, 0.6) is 5.75 Å². The second kappa shape index (κ2) is 7.14. The smallest absolute Gasteiger partial charge is 0.234 e. The van der Waals surface area contributed by atoms with E-state index in [1.807, 2.05) is 24.3 Å². The molecule has 0 aliphatic carbocycles. The van der Waals surface area contributed by atoms with Crippen molar-refractivity contribution in [1.82, 2.24) is 0 Å². The maximum Gasteiger partial charge on any atom is 0.234 e. The number of rotatable bonds is 6. The van der Waals surface area contributed by atoms with Gasteiger partial charge in [-0.25, -0.2) is 0 Å². The van der Waals surface area contributed by atoms with Crippen LogP contribution in [0.4, 0.5) is 5.69 Å². The standard InChI is InChI=1S/C11H16N2O2S/c1-15-10-5-3-2-4-9(10)13-11(14)8-16-7-6-12/h2-5H,6-8,12H2,1H3,(H,13,14). The molecule has 0 saturated heterocycles. The molecular weight excluding hydrogens is 224 g/mol. The Labute approximate surface area is 99.5 Å². The molecule has 0 aliphatic rings. The number of carbonyl (C=O) groups excluding carboxylic acids is 1. The highest BCUT2D eigenvalue weighted by Crippen LogP contribution is 2.22. The van der Waals surface area contributed by atoms with Crippen LogP contribution < -0.4 is 15.8 Å². The normalized spacial score (nSPS) is 9.88. The van der Waals surface area contributed by atoms with Crippen LogP contribution in [0.15, 0.2) is 24.3 Å². The molecule has 0 spiro atoms. The van der Waals surface area contributed by atoms with E-state index in [1.54, 1.807) is 7.11 Å². The van der Waals surface area contributed by atoms with Crippen molar-refractivity contribution in [2.24, 2.45) is 5.73 Å². The van der Waals surface area contributed by atoms with Crippen LogP contribution in [0.1, 0.15) is 0 Å².